The Hall–Kier alpha value is -1.10. The van der Waals surface area contributed by atoms with Gasteiger partial charge in [-0.1, -0.05) is 6.92 Å². The van der Waals surface area contributed by atoms with E-state index >= 15 is 0 Å². The molecule has 1 unspecified atom stereocenters. The zero-order valence-corrected chi connectivity index (χ0v) is 14.0. The molecule has 0 radical (unpaired) electrons. The van der Waals surface area contributed by atoms with E-state index in [0.717, 1.165) is 11.8 Å². The van der Waals surface area contributed by atoms with Crippen LogP contribution < -0.4 is 10.6 Å². The monoisotopic (exact) mass is 320 g/mol. The van der Waals surface area contributed by atoms with Crippen molar-refractivity contribution in [3.05, 3.63) is 0 Å². The predicted molar refractivity (Wildman–Crippen MR) is 85.2 cm³/mol. The van der Waals surface area contributed by atoms with E-state index in [1.54, 1.807) is 6.92 Å². The van der Waals surface area contributed by atoms with Crippen LogP contribution in [0.15, 0.2) is 0 Å². The third-order valence-corrected chi connectivity index (χ3v) is 7.01. The van der Waals surface area contributed by atoms with Crippen molar-refractivity contribution in [3.63, 3.8) is 0 Å². The fourth-order valence-electron chi connectivity index (χ4n) is 5.99. The summed E-state index contributed by atoms with van der Waals surface area (Å²) in [5.74, 6) is 2.27. The first-order chi connectivity index (χ1) is 10.9. The van der Waals surface area contributed by atoms with Gasteiger partial charge in [-0.3, -0.25) is 9.59 Å². The molecule has 0 aromatic rings. The molecule has 23 heavy (non-hydrogen) atoms. The number of hydrogen-bond donors (Lipinski definition) is 3. The molecule has 4 atom stereocenters. The van der Waals surface area contributed by atoms with E-state index in [4.69, 9.17) is 0 Å². The molecule has 1 aliphatic heterocycles. The predicted octanol–water partition coefficient (Wildman–Crippen LogP) is 1.06. The molecule has 5 rings (SSSR count). The molecule has 2 amide bonds. The van der Waals surface area contributed by atoms with Crippen LogP contribution in [-0.4, -0.2) is 35.1 Å². The van der Waals surface area contributed by atoms with Crippen molar-refractivity contribution < 1.29 is 14.7 Å². The second kappa shape index (κ2) is 5.47. The molecule has 5 nitrogen and oxygen atoms in total. The van der Waals surface area contributed by atoms with E-state index < -0.39 is 12.0 Å². The summed E-state index contributed by atoms with van der Waals surface area (Å²) in [5.41, 5.74) is 0. The van der Waals surface area contributed by atoms with Crippen LogP contribution >= 0.6 is 0 Å². The van der Waals surface area contributed by atoms with E-state index in [1.165, 1.54) is 32.1 Å². The van der Waals surface area contributed by atoms with Crippen LogP contribution in [0.25, 0.3) is 0 Å². The molecule has 0 aromatic carbocycles. The summed E-state index contributed by atoms with van der Waals surface area (Å²) in [4.78, 5) is 24.3. The number of aliphatic hydroxyl groups is 1. The number of rotatable bonds is 4. The number of carbonyl (C=O) groups excluding carboxylic acids is 2. The van der Waals surface area contributed by atoms with Crippen molar-refractivity contribution in [3.8, 4) is 0 Å². The number of hydrogen-bond acceptors (Lipinski definition) is 3. The summed E-state index contributed by atoms with van der Waals surface area (Å²) in [6, 6.07) is 0.0952. The molecule has 0 aromatic heterocycles. The van der Waals surface area contributed by atoms with Gasteiger partial charge in [-0.2, -0.15) is 0 Å². The van der Waals surface area contributed by atoms with Crippen molar-refractivity contribution >= 4 is 11.8 Å². The van der Waals surface area contributed by atoms with Gasteiger partial charge in [0.05, 0.1) is 24.0 Å². The molecule has 4 aliphatic carbocycles. The Morgan fingerprint density at radius 2 is 1.70 bits per heavy atom. The topological polar surface area (TPSA) is 78.4 Å². The minimum Gasteiger partial charge on any atom is -0.393 e. The molecule has 5 heteroatoms. The van der Waals surface area contributed by atoms with E-state index in [2.05, 4.69) is 10.6 Å². The van der Waals surface area contributed by atoms with Gasteiger partial charge in [0.15, 0.2) is 0 Å². The molecule has 5 aliphatic rings. The highest BCUT2D eigenvalue weighted by molar-refractivity contribution is 5.90. The van der Waals surface area contributed by atoms with Gasteiger partial charge in [0.25, 0.3) is 0 Å². The molecule has 4 saturated carbocycles. The number of amides is 2. The summed E-state index contributed by atoms with van der Waals surface area (Å²) in [6.45, 7) is 3.49. The molecule has 4 bridgehead atoms. The van der Waals surface area contributed by atoms with Crippen LogP contribution in [0.5, 0.6) is 0 Å². The summed E-state index contributed by atoms with van der Waals surface area (Å²) in [7, 11) is 0. The first-order valence-corrected chi connectivity index (χ1v) is 9.22. The average Bonchev–Trinajstić information content (AvgIpc) is 2.46. The lowest BCUT2D eigenvalue weighted by atomic mass is 9.54. The first-order valence-electron chi connectivity index (χ1n) is 9.22. The standard InChI is InChI=1S/C18H28N2O3/c1-8(15-14(9(2)21)18(23)19-15)17(22)20-16-12-4-10-3-11(6-12)7-13(16)5-10/h8-16,21H,3-7H2,1-2H3,(H,19,23)(H,20,22)/t8-,9-,10?,11?,12?,13?,14?,15-,16?/m1/s1. The smallest absolute Gasteiger partial charge is 0.228 e. The Morgan fingerprint density at radius 1 is 1.13 bits per heavy atom. The first kappa shape index (κ1) is 15.4. The molecule has 1 saturated heterocycles. The number of aliphatic hydroxyl groups excluding tert-OH is 1. The highest BCUT2D eigenvalue weighted by atomic mass is 16.3. The maximum atomic E-state index is 12.7. The second-order valence-corrected chi connectivity index (χ2v) is 8.55. The van der Waals surface area contributed by atoms with Crippen molar-refractivity contribution in [2.24, 2.45) is 35.5 Å². The molecule has 0 spiro atoms. The van der Waals surface area contributed by atoms with E-state index in [0.29, 0.717) is 17.9 Å². The largest absolute Gasteiger partial charge is 0.393 e. The van der Waals surface area contributed by atoms with Crippen LogP contribution in [-0.2, 0) is 9.59 Å². The summed E-state index contributed by atoms with van der Waals surface area (Å²) < 4.78 is 0. The van der Waals surface area contributed by atoms with Crippen molar-refractivity contribution in [1.29, 1.82) is 0 Å². The molecule has 128 valence electrons. The normalized spacial score (nSPS) is 46.7. The fraction of sp³-hybridized carbons (Fsp3) is 0.889. The Bertz CT molecular complexity index is 490. The van der Waals surface area contributed by atoms with Crippen LogP contribution in [0.1, 0.15) is 46.0 Å². The summed E-state index contributed by atoms with van der Waals surface area (Å²) >= 11 is 0. The van der Waals surface area contributed by atoms with Gasteiger partial charge in [0, 0.05) is 6.04 Å². The van der Waals surface area contributed by atoms with Crippen LogP contribution in [0.2, 0.25) is 0 Å². The third-order valence-electron chi connectivity index (χ3n) is 7.01. The number of nitrogens with one attached hydrogen (secondary N) is 2. The lowest BCUT2D eigenvalue weighted by molar-refractivity contribution is -0.146. The highest BCUT2D eigenvalue weighted by Crippen LogP contribution is 2.53. The van der Waals surface area contributed by atoms with Gasteiger partial charge in [0.1, 0.15) is 0 Å². The summed E-state index contributed by atoms with van der Waals surface area (Å²) in [5, 5.41) is 15.8. The minimum atomic E-state index is -0.704. The molecule has 1 heterocycles. The Kier molecular flexibility index (Phi) is 3.67. The van der Waals surface area contributed by atoms with Gasteiger partial charge in [0.2, 0.25) is 11.8 Å². The summed E-state index contributed by atoms with van der Waals surface area (Å²) in [6.07, 6.45) is 5.83. The lowest BCUT2D eigenvalue weighted by Crippen LogP contribution is -2.67. The Balaban J connectivity index is 1.39. The second-order valence-electron chi connectivity index (χ2n) is 8.55. The van der Waals surface area contributed by atoms with Crippen molar-refractivity contribution in [1.82, 2.24) is 10.6 Å². The van der Waals surface area contributed by atoms with Gasteiger partial charge >= 0.3 is 0 Å². The highest BCUT2D eigenvalue weighted by Gasteiger charge is 2.51. The van der Waals surface area contributed by atoms with Gasteiger partial charge < -0.3 is 15.7 Å². The molecule has 5 fully saturated rings. The average molecular weight is 320 g/mol. The Morgan fingerprint density at radius 3 is 2.17 bits per heavy atom. The van der Waals surface area contributed by atoms with Gasteiger partial charge in [-0.25, -0.2) is 0 Å². The quantitative estimate of drug-likeness (QED) is 0.678. The van der Waals surface area contributed by atoms with E-state index in [9.17, 15) is 14.7 Å². The fourth-order valence-corrected chi connectivity index (χ4v) is 5.99. The van der Waals surface area contributed by atoms with Crippen molar-refractivity contribution in [2.75, 3.05) is 0 Å². The molecule has 3 N–H and O–H groups in total. The van der Waals surface area contributed by atoms with Gasteiger partial charge in [-0.15, -0.1) is 0 Å². The minimum absolute atomic E-state index is 0.0399. The number of β-lactam (4-membered cyclic amide) rings is 1. The Labute approximate surface area is 137 Å². The maximum Gasteiger partial charge on any atom is 0.228 e. The molecular formula is C18H28N2O3. The zero-order chi connectivity index (χ0) is 16.3. The number of carbonyl (C=O) groups is 2. The van der Waals surface area contributed by atoms with Gasteiger partial charge in [-0.05, 0) is 62.7 Å². The van der Waals surface area contributed by atoms with Crippen molar-refractivity contribution in [2.45, 2.75) is 64.1 Å². The van der Waals surface area contributed by atoms with E-state index in [1.807, 2.05) is 6.92 Å². The SMILES string of the molecule is C[C@@H](O)C1C(=O)N[C@@H]1[C@@H](C)C(=O)NC1C2CC3CC(C2)CC1C3. The maximum absolute atomic E-state index is 12.7. The van der Waals surface area contributed by atoms with E-state index in [-0.39, 0.29) is 23.8 Å². The third kappa shape index (κ3) is 2.48. The van der Waals surface area contributed by atoms with Crippen LogP contribution in [0, 0.1) is 35.5 Å². The molecular weight excluding hydrogens is 292 g/mol. The zero-order valence-electron chi connectivity index (χ0n) is 14.0. The lowest BCUT2D eigenvalue weighted by Gasteiger charge is -2.54. The van der Waals surface area contributed by atoms with Crippen LogP contribution in [0.3, 0.4) is 0 Å². The van der Waals surface area contributed by atoms with Crippen LogP contribution in [0.4, 0.5) is 0 Å².